The number of nitrogens with one attached hydrogen (secondary N) is 3. The van der Waals surface area contributed by atoms with Crippen LogP contribution in [0.15, 0.2) is 12.1 Å². The van der Waals surface area contributed by atoms with E-state index in [4.69, 9.17) is 0 Å². The number of piperidine rings is 1. The van der Waals surface area contributed by atoms with E-state index < -0.39 is 29.4 Å². The molecule has 0 spiro atoms. The van der Waals surface area contributed by atoms with Gasteiger partial charge in [-0.3, -0.25) is 19.8 Å². The van der Waals surface area contributed by atoms with Gasteiger partial charge in [-0.1, -0.05) is 0 Å². The van der Waals surface area contributed by atoms with E-state index in [9.17, 15) is 18.4 Å². The highest BCUT2D eigenvalue weighted by Crippen LogP contribution is 2.33. The summed E-state index contributed by atoms with van der Waals surface area (Å²) in [6.45, 7) is 4.10. The van der Waals surface area contributed by atoms with Gasteiger partial charge in [0.2, 0.25) is 11.8 Å². The first-order valence-electron chi connectivity index (χ1n) is 9.55. The molecule has 1 unspecified atom stereocenters. The van der Waals surface area contributed by atoms with Crippen LogP contribution < -0.4 is 16.0 Å². The first kappa shape index (κ1) is 18.3. The summed E-state index contributed by atoms with van der Waals surface area (Å²) >= 11 is 0. The minimum atomic E-state index is -0.961. The number of nitrogens with zero attached hydrogens (tertiary/aromatic N) is 1. The molecular weight excluding hydrogens is 354 g/mol. The van der Waals surface area contributed by atoms with Crippen LogP contribution in [0.5, 0.6) is 0 Å². The van der Waals surface area contributed by atoms with Crippen LogP contribution >= 0.6 is 0 Å². The Kier molecular flexibility index (Phi) is 5.10. The van der Waals surface area contributed by atoms with Gasteiger partial charge in [0.05, 0.1) is 5.92 Å². The Hall–Kier alpha value is -2.06. The molecule has 1 aromatic carbocycles. The molecule has 1 saturated carbocycles. The van der Waals surface area contributed by atoms with Gasteiger partial charge in [-0.15, -0.1) is 0 Å². The topological polar surface area (TPSA) is 73.5 Å². The molecule has 2 amide bonds. The van der Waals surface area contributed by atoms with Crippen LogP contribution in [-0.2, 0) is 9.59 Å². The summed E-state index contributed by atoms with van der Waals surface area (Å²) in [5.41, 5.74) is 0.141. The van der Waals surface area contributed by atoms with Crippen LogP contribution in [0.2, 0.25) is 0 Å². The molecular formula is C19H24F2N4O2. The number of imide groups is 1. The number of hydrogen-bond donors (Lipinski definition) is 3. The Balaban J connectivity index is 1.39. The highest BCUT2D eigenvalue weighted by atomic mass is 19.1. The fourth-order valence-corrected chi connectivity index (χ4v) is 4.26. The largest absolute Gasteiger partial charge is 0.382 e. The van der Waals surface area contributed by atoms with E-state index in [0.29, 0.717) is 11.7 Å². The zero-order valence-corrected chi connectivity index (χ0v) is 15.1. The number of piperazine rings is 1. The maximum atomic E-state index is 14.5. The van der Waals surface area contributed by atoms with Crippen LogP contribution in [0.25, 0.3) is 0 Å². The van der Waals surface area contributed by atoms with Crippen molar-refractivity contribution in [3.63, 3.8) is 0 Å². The van der Waals surface area contributed by atoms with E-state index >= 15 is 0 Å². The molecule has 1 atom stereocenters. The van der Waals surface area contributed by atoms with E-state index in [1.165, 1.54) is 12.1 Å². The van der Waals surface area contributed by atoms with Gasteiger partial charge in [-0.05, 0) is 31.4 Å². The average Bonchev–Trinajstić information content (AvgIpc) is 2.60. The number of rotatable bonds is 4. The van der Waals surface area contributed by atoms with Crippen molar-refractivity contribution in [2.45, 2.75) is 43.7 Å². The summed E-state index contributed by atoms with van der Waals surface area (Å²) in [5, 5.41) is 8.68. The van der Waals surface area contributed by atoms with Crippen LogP contribution in [-0.4, -0.2) is 55.0 Å². The Morgan fingerprint density at radius 1 is 1.07 bits per heavy atom. The minimum Gasteiger partial charge on any atom is -0.382 e. The van der Waals surface area contributed by atoms with Gasteiger partial charge in [-0.2, -0.15) is 0 Å². The molecule has 146 valence electrons. The summed E-state index contributed by atoms with van der Waals surface area (Å²) in [4.78, 5) is 25.6. The lowest BCUT2D eigenvalue weighted by molar-refractivity contribution is -0.134. The smallest absolute Gasteiger partial charge is 0.234 e. The van der Waals surface area contributed by atoms with Gasteiger partial charge in [-0.25, -0.2) is 8.78 Å². The molecule has 2 heterocycles. The van der Waals surface area contributed by atoms with Crippen molar-refractivity contribution in [3.8, 4) is 0 Å². The monoisotopic (exact) mass is 378 g/mol. The maximum absolute atomic E-state index is 14.5. The predicted molar refractivity (Wildman–Crippen MR) is 96.4 cm³/mol. The average molecular weight is 378 g/mol. The highest BCUT2D eigenvalue weighted by molar-refractivity contribution is 6.01. The molecule has 27 heavy (non-hydrogen) atoms. The zero-order chi connectivity index (χ0) is 19.0. The summed E-state index contributed by atoms with van der Waals surface area (Å²) in [6, 6.07) is 3.23. The van der Waals surface area contributed by atoms with Crippen molar-refractivity contribution in [2.24, 2.45) is 0 Å². The Morgan fingerprint density at radius 2 is 1.74 bits per heavy atom. The molecule has 3 N–H and O–H groups in total. The van der Waals surface area contributed by atoms with Crippen LogP contribution in [0.3, 0.4) is 0 Å². The van der Waals surface area contributed by atoms with Gasteiger partial charge < -0.3 is 10.6 Å². The van der Waals surface area contributed by atoms with Crippen molar-refractivity contribution >= 4 is 17.5 Å². The quantitative estimate of drug-likeness (QED) is 0.690. The molecule has 2 aliphatic heterocycles. The first-order chi connectivity index (χ1) is 13.0. The summed E-state index contributed by atoms with van der Waals surface area (Å²) < 4.78 is 29.1. The molecule has 3 aliphatic rings. The maximum Gasteiger partial charge on any atom is 0.234 e. The molecule has 2 saturated heterocycles. The lowest BCUT2D eigenvalue weighted by atomic mass is 9.84. The molecule has 8 heteroatoms. The van der Waals surface area contributed by atoms with Crippen molar-refractivity contribution in [2.75, 3.05) is 31.5 Å². The molecule has 4 rings (SSSR count). The summed E-state index contributed by atoms with van der Waals surface area (Å²) in [6.07, 6.45) is 2.13. The van der Waals surface area contributed by atoms with Crippen LogP contribution in [0.4, 0.5) is 14.5 Å². The second kappa shape index (κ2) is 7.52. The standard InChI is InChI=1S/C19H24F2N4O2/c20-15-9-12(23-11-7-13(8-11)25-5-3-22-4-6-25)10-16(21)18(15)14-1-2-17(26)24-19(14)27/h9-11,13-14,22-23H,1-8H2,(H,24,26,27)/t11-,13-,14?. The van der Waals surface area contributed by atoms with Gasteiger partial charge in [0, 0.05) is 55.9 Å². The second-order valence-corrected chi connectivity index (χ2v) is 7.61. The number of carbonyl (C=O) groups excluding carboxylic acids is 2. The SMILES string of the molecule is O=C1CCC(c2c(F)cc(N[C@H]3C[C@H](N4CCNCC4)C3)cc2F)C(=O)N1. The number of amides is 2. The molecule has 1 aliphatic carbocycles. The van der Waals surface area contributed by atoms with Crippen LogP contribution in [0.1, 0.15) is 37.2 Å². The van der Waals surface area contributed by atoms with Gasteiger partial charge in [0.15, 0.2) is 0 Å². The Labute approximate surface area is 156 Å². The third-order valence-corrected chi connectivity index (χ3v) is 5.82. The fourth-order valence-electron chi connectivity index (χ4n) is 4.26. The molecule has 3 fully saturated rings. The summed E-state index contributed by atoms with van der Waals surface area (Å²) in [5.74, 6) is -3.49. The van der Waals surface area contributed by atoms with Crippen molar-refractivity contribution in [1.82, 2.24) is 15.5 Å². The molecule has 0 bridgehead atoms. The van der Waals surface area contributed by atoms with E-state index in [0.717, 1.165) is 39.0 Å². The molecule has 1 aromatic rings. The molecule has 0 radical (unpaired) electrons. The van der Waals surface area contributed by atoms with E-state index in [1.54, 1.807) is 0 Å². The van der Waals surface area contributed by atoms with E-state index in [1.807, 2.05) is 0 Å². The van der Waals surface area contributed by atoms with E-state index in [-0.39, 0.29) is 24.4 Å². The summed E-state index contributed by atoms with van der Waals surface area (Å²) in [7, 11) is 0. The number of halogens is 2. The zero-order valence-electron chi connectivity index (χ0n) is 15.1. The van der Waals surface area contributed by atoms with Gasteiger partial charge in [0.1, 0.15) is 11.6 Å². The lowest BCUT2D eigenvalue weighted by Gasteiger charge is -2.45. The van der Waals surface area contributed by atoms with Crippen LogP contribution in [0, 0.1) is 11.6 Å². The van der Waals surface area contributed by atoms with Crippen molar-refractivity contribution in [3.05, 3.63) is 29.3 Å². The molecule has 0 aromatic heterocycles. The minimum absolute atomic E-state index is 0.0881. The third kappa shape index (κ3) is 3.82. The third-order valence-electron chi connectivity index (χ3n) is 5.82. The van der Waals surface area contributed by atoms with Gasteiger partial charge >= 0.3 is 0 Å². The van der Waals surface area contributed by atoms with Gasteiger partial charge in [0.25, 0.3) is 0 Å². The number of carbonyl (C=O) groups is 2. The number of benzene rings is 1. The van der Waals surface area contributed by atoms with E-state index in [2.05, 4.69) is 20.9 Å². The molecule has 6 nitrogen and oxygen atoms in total. The second-order valence-electron chi connectivity index (χ2n) is 7.61. The Bertz CT molecular complexity index is 722. The van der Waals surface area contributed by atoms with Crippen molar-refractivity contribution in [1.29, 1.82) is 0 Å². The number of hydrogen-bond acceptors (Lipinski definition) is 5. The highest BCUT2D eigenvalue weighted by Gasteiger charge is 2.35. The normalized spacial score (nSPS) is 29.2. The first-order valence-corrected chi connectivity index (χ1v) is 9.55. The predicted octanol–water partition coefficient (Wildman–Crippen LogP) is 1.33. The lowest BCUT2D eigenvalue weighted by Crippen LogP contribution is -2.55. The number of anilines is 1. The Morgan fingerprint density at radius 3 is 2.37 bits per heavy atom. The van der Waals surface area contributed by atoms with Crippen molar-refractivity contribution < 1.29 is 18.4 Å². The fraction of sp³-hybridized carbons (Fsp3) is 0.579.